The summed E-state index contributed by atoms with van der Waals surface area (Å²) in [4.78, 5) is 43.1. The first kappa shape index (κ1) is 31.9. The molecule has 1 aliphatic heterocycles. The minimum absolute atomic E-state index is 0.0234. The van der Waals surface area contributed by atoms with E-state index in [0.29, 0.717) is 34.6 Å². The Kier molecular flexibility index (Phi) is 10.0. The molecule has 0 unspecified atom stereocenters. The normalized spacial score (nSPS) is 16.5. The minimum atomic E-state index is -4.12. The third-order valence-electron chi connectivity index (χ3n) is 6.86. The van der Waals surface area contributed by atoms with Gasteiger partial charge in [-0.05, 0) is 42.2 Å². The van der Waals surface area contributed by atoms with Gasteiger partial charge in [-0.2, -0.15) is 4.31 Å². The topological polar surface area (TPSA) is 156 Å². The molecule has 1 aromatic carbocycles. The van der Waals surface area contributed by atoms with Gasteiger partial charge < -0.3 is 25.4 Å². The molecule has 0 spiro atoms. The molecule has 0 radical (unpaired) electrons. The molecule has 12 nitrogen and oxygen atoms in total. The second-order valence-corrected chi connectivity index (χ2v) is 13.2. The number of amides is 3. The summed E-state index contributed by atoms with van der Waals surface area (Å²) < 4.78 is 40.3. The molecule has 4 bridgehead atoms. The highest BCUT2D eigenvalue weighted by Crippen LogP contribution is 2.40. The molecule has 1 atom stereocenters. The molecule has 3 aromatic rings. The van der Waals surface area contributed by atoms with Crippen LogP contribution in [0.1, 0.15) is 45.9 Å². The molecule has 14 heteroatoms. The average molecular weight is 630 g/mol. The number of pyridine rings is 1. The summed E-state index contributed by atoms with van der Waals surface area (Å²) in [5.41, 5.74) is 1.88. The molecular weight excluding hydrogens is 594 g/mol. The maximum Gasteiger partial charge on any atom is 0.261 e. The fraction of sp³-hybridized carbons (Fsp3) is 0.379. The summed E-state index contributed by atoms with van der Waals surface area (Å²) >= 11 is 1.02. The second-order valence-electron chi connectivity index (χ2n) is 10.4. The standard InChI is InChI=1S/C29H35N5O7S2/c1-17(2)8-23-28(36)32-6-7-34(43(38,39)21-12-25(42-16-21)29(37)30-3)15-18-9-22(26(41-5)24(10-18)40-4)19-11-20(14-31-13-19)27(35)33-23/h9-14,16-17,23H,6-8,15H2,1-5H3,(H,30,37)(H,32,36)(H,33,35)/t23-/m1/s1. The van der Waals surface area contributed by atoms with Crippen molar-refractivity contribution in [2.45, 2.75) is 37.8 Å². The van der Waals surface area contributed by atoms with Crippen molar-refractivity contribution in [1.82, 2.24) is 25.2 Å². The van der Waals surface area contributed by atoms with Crippen LogP contribution in [-0.4, -0.2) is 75.8 Å². The van der Waals surface area contributed by atoms with Crippen molar-refractivity contribution in [1.29, 1.82) is 0 Å². The number of ether oxygens (including phenoxy) is 2. The van der Waals surface area contributed by atoms with Crippen LogP contribution in [-0.2, 0) is 21.4 Å². The Bertz CT molecular complexity index is 1620. The lowest BCUT2D eigenvalue weighted by Crippen LogP contribution is -2.49. The van der Waals surface area contributed by atoms with Crippen LogP contribution in [0.5, 0.6) is 11.5 Å². The summed E-state index contributed by atoms with van der Waals surface area (Å²) in [5, 5.41) is 9.51. The summed E-state index contributed by atoms with van der Waals surface area (Å²) in [7, 11) is 0.311. The van der Waals surface area contributed by atoms with E-state index in [9.17, 15) is 22.8 Å². The largest absolute Gasteiger partial charge is 0.493 e. The maximum absolute atomic E-state index is 13.9. The van der Waals surface area contributed by atoms with Crippen molar-refractivity contribution < 1.29 is 32.3 Å². The number of nitrogens with one attached hydrogen (secondary N) is 3. The Morgan fingerprint density at radius 3 is 2.56 bits per heavy atom. The van der Waals surface area contributed by atoms with Crippen LogP contribution in [0.15, 0.2) is 46.9 Å². The van der Waals surface area contributed by atoms with Crippen molar-refractivity contribution in [3.05, 3.63) is 58.0 Å². The van der Waals surface area contributed by atoms with Gasteiger partial charge in [-0.1, -0.05) is 13.8 Å². The Hall–Kier alpha value is -4.01. The second kappa shape index (κ2) is 13.5. The number of sulfonamides is 1. The van der Waals surface area contributed by atoms with Crippen LogP contribution in [0.2, 0.25) is 0 Å². The quantitative estimate of drug-likeness (QED) is 0.360. The SMILES string of the molecule is CNC(=O)c1cc(S(=O)(=O)N2CCNC(=O)[C@@H](CC(C)C)NC(=O)c3cncc(c3)-c3cc(cc(OC)c3OC)C2)cs1. The van der Waals surface area contributed by atoms with Gasteiger partial charge in [-0.3, -0.25) is 19.4 Å². The molecule has 4 rings (SSSR count). The highest BCUT2D eigenvalue weighted by atomic mass is 32.2. The number of rotatable bonds is 7. The minimum Gasteiger partial charge on any atom is -0.493 e. The lowest BCUT2D eigenvalue weighted by atomic mass is 10.00. The van der Waals surface area contributed by atoms with E-state index in [-0.39, 0.29) is 40.9 Å². The van der Waals surface area contributed by atoms with Gasteiger partial charge in [-0.15, -0.1) is 11.3 Å². The Morgan fingerprint density at radius 2 is 1.88 bits per heavy atom. The molecule has 3 N–H and O–H groups in total. The molecular formula is C29H35N5O7S2. The summed E-state index contributed by atoms with van der Waals surface area (Å²) in [5.74, 6) is -0.471. The lowest BCUT2D eigenvalue weighted by Gasteiger charge is -2.24. The summed E-state index contributed by atoms with van der Waals surface area (Å²) in [6.45, 7) is 3.68. The van der Waals surface area contributed by atoms with Gasteiger partial charge in [-0.25, -0.2) is 8.42 Å². The number of fused-ring (bicyclic) bond motifs is 5. The third kappa shape index (κ3) is 7.14. The van der Waals surface area contributed by atoms with Gasteiger partial charge in [0.25, 0.3) is 11.8 Å². The fourth-order valence-electron chi connectivity index (χ4n) is 4.74. The summed E-state index contributed by atoms with van der Waals surface area (Å²) in [6, 6.07) is 5.54. The van der Waals surface area contributed by atoms with Crippen LogP contribution < -0.4 is 25.4 Å². The number of nitrogens with zero attached hydrogens (tertiary/aromatic N) is 2. The highest BCUT2D eigenvalue weighted by Gasteiger charge is 2.29. The molecule has 0 fully saturated rings. The molecule has 0 aliphatic carbocycles. The highest BCUT2D eigenvalue weighted by molar-refractivity contribution is 7.89. The molecule has 230 valence electrons. The van der Waals surface area contributed by atoms with Crippen LogP contribution in [0.25, 0.3) is 11.1 Å². The van der Waals surface area contributed by atoms with Crippen molar-refractivity contribution in [2.24, 2.45) is 5.92 Å². The Labute approximate surface area is 254 Å². The van der Waals surface area contributed by atoms with E-state index < -0.39 is 33.8 Å². The number of methoxy groups -OCH3 is 2. The van der Waals surface area contributed by atoms with Crippen LogP contribution in [0, 0.1) is 5.92 Å². The van der Waals surface area contributed by atoms with E-state index in [2.05, 4.69) is 20.9 Å². The maximum atomic E-state index is 13.9. The molecule has 0 saturated carbocycles. The first-order valence-corrected chi connectivity index (χ1v) is 15.9. The lowest BCUT2D eigenvalue weighted by molar-refractivity contribution is -0.123. The van der Waals surface area contributed by atoms with E-state index in [0.717, 1.165) is 11.3 Å². The smallest absolute Gasteiger partial charge is 0.261 e. The van der Waals surface area contributed by atoms with Gasteiger partial charge in [0.2, 0.25) is 15.9 Å². The molecule has 2 aromatic heterocycles. The van der Waals surface area contributed by atoms with Crippen molar-refractivity contribution in [2.75, 3.05) is 34.4 Å². The molecule has 43 heavy (non-hydrogen) atoms. The van der Waals surface area contributed by atoms with Gasteiger partial charge in [0, 0.05) is 55.6 Å². The summed E-state index contributed by atoms with van der Waals surface area (Å²) in [6.07, 6.45) is 3.35. The molecule has 0 saturated heterocycles. The Balaban J connectivity index is 1.85. The predicted octanol–water partition coefficient (Wildman–Crippen LogP) is 2.65. The van der Waals surface area contributed by atoms with Gasteiger partial charge in [0.1, 0.15) is 6.04 Å². The third-order valence-corrected chi connectivity index (χ3v) is 9.76. The van der Waals surface area contributed by atoms with Crippen LogP contribution in [0.3, 0.4) is 0 Å². The van der Waals surface area contributed by atoms with Crippen LogP contribution in [0.4, 0.5) is 0 Å². The Morgan fingerprint density at radius 1 is 1.14 bits per heavy atom. The van der Waals surface area contributed by atoms with Crippen LogP contribution >= 0.6 is 11.3 Å². The number of hydrogen-bond acceptors (Lipinski definition) is 9. The van der Waals surface area contributed by atoms with Gasteiger partial charge in [0.05, 0.1) is 29.6 Å². The van der Waals surface area contributed by atoms with E-state index in [4.69, 9.17) is 9.47 Å². The zero-order valence-electron chi connectivity index (χ0n) is 24.6. The van der Waals surface area contributed by atoms with E-state index in [1.54, 1.807) is 24.4 Å². The number of aromatic nitrogens is 1. The molecule has 3 amide bonds. The average Bonchev–Trinajstić information content (AvgIpc) is 3.50. The van der Waals surface area contributed by atoms with Gasteiger partial charge >= 0.3 is 0 Å². The van der Waals surface area contributed by atoms with E-state index >= 15 is 0 Å². The predicted molar refractivity (Wildman–Crippen MR) is 162 cm³/mol. The van der Waals surface area contributed by atoms with Crippen molar-refractivity contribution in [3.63, 3.8) is 0 Å². The molecule has 1 aliphatic rings. The first-order chi connectivity index (χ1) is 20.5. The zero-order chi connectivity index (χ0) is 31.3. The number of carbonyl (C=O) groups excluding carboxylic acids is 3. The number of carbonyl (C=O) groups is 3. The first-order valence-electron chi connectivity index (χ1n) is 13.6. The molecule has 3 heterocycles. The number of thiophene rings is 1. The zero-order valence-corrected chi connectivity index (χ0v) is 26.2. The number of hydrogen-bond donors (Lipinski definition) is 3. The van der Waals surface area contributed by atoms with E-state index in [1.807, 2.05) is 13.8 Å². The fourth-order valence-corrected chi connectivity index (χ4v) is 7.38. The van der Waals surface area contributed by atoms with Crippen molar-refractivity contribution in [3.8, 4) is 22.6 Å². The van der Waals surface area contributed by atoms with Gasteiger partial charge in [0.15, 0.2) is 11.5 Å². The van der Waals surface area contributed by atoms with E-state index in [1.165, 1.54) is 43.2 Å². The van der Waals surface area contributed by atoms with Crippen molar-refractivity contribution >= 4 is 39.1 Å². The monoisotopic (exact) mass is 629 g/mol. The number of benzene rings is 1.